The second-order valence-electron chi connectivity index (χ2n) is 8.30. The fourth-order valence-corrected chi connectivity index (χ4v) is 4.80. The molecule has 0 saturated carbocycles. The van der Waals surface area contributed by atoms with Crippen LogP contribution in [-0.2, 0) is 11.2 Å². The molecule has 3 aromatic rings. The number of rotatable bonds is 10. The Labute approximate surface area is 216 Å². The number of aryl methyl sites for hydroxylation is 1. The van der Waals surface area contributed by atoms with Crippen molar-refractivity contribution in [3.63, 3.8) is 0 Å². The standard InChI is InChI=1S/C24H24F2N6O2S2/c1-31(2)10-11-34-20-8-6-15(16-5-7-18(25)19(26)13-16)12-17(20)14-21-23(33)32(24(35)36-21)9-3-4-22-27-29-30-28-22/h5-8,12-14H,3-4,9-11H2,1-2H3,(H,27,28,29,30)/b21-14-. The highest BCUT2D eigenvalue weighted by molar-refractivity contribution is 8.26. The van der Waals surface area contributed by atoms with Crippen LogP contribution in [0.1, 0.15) is 17.8 Å². The van der Waals surface area contributed by atoms with E-state index >= 15 is 0 Å². The molecule has 0 aliphatic carbocycles. The van der Waals surface area contributed by atoms with Gasteiger partial charge in [-0.1, -0.05) is 41.3 Å². The molecule has 0 atom stereocenters. The van der Waals surface area contributed by atoms with E-state index < -0.39 is 11.6 Å². The van der Waals surface area contributed by atoms with Gasteiger partial charge in [-0.15, -0.1) is 10.2 Å². The van der Waals surface area contributed by atoms with Crippen molar-refractivity contribution in [2.75, 3.05) is 33.8 Å². The van der Waals surface area contributed by atoms with Gasteiger partial charge in [0, 0.05) is 25.1 Å². The van der Waals surface area contributed by atoms with Crippen molar-refractivity contribution in [2.45, 2.75) is 12.8 Å². The molecule has 1 aliphatic rings. The minimum atomic E-state index is -0.929. The largest absolute Gasteiger partial charge is 0.492 e. The van der Waals surface area contributed by atoms with Gasteiger partial charge in [0.05, 0.1) is 4.91 Å². The lowest BCUT2D eigenvalue weighted by atomic mass is 10.0. The average molecular weight is 531 g/mol. The smallest absolute Gasteiger partial charge is 0.266 e. The van der Waals surface area contributed by atoms with Crippen LogP contribution in [0.25, 0.3) is 17.2 Å². The summed E-state index contributed by atoms with van der Waals surface area (Å²) in [5, 5.41) is 13.8. The summed E-state index contributed by atoms with van der Waals surface area (Å²) in [5.74, 6) is -0.890. The molecule has 12 heteroatoms. The molecule has 2 heterocycles. The van der Waals surface area contributed by atoms with E-state index in [-0.39, 0.29) is 5.91 Å². The molecule has 0 bridgehead atoms. The molecule has 1 amide bonds. The molecule has 188 valence electrons. The van der Waals surface area contributed by atoms with Crippen LogP contribution in [0.2, 0.25) is 0 Å². The highest BCUT2D eigenvalue weighted by Crippen LogP contribution is 2.36. The number of aromatic amines is 1. The maximum atomic E-state index is 13.8. The molecule has 1 saturated heterocycles. The maximum absolute atomic E-state index is 13.8. The average Bonchev–Trinajstić information content (AvgIpc) is 3.45. The number of nitrogens with one attached hydrogen (secondary N) is 1. The van der Waals surface area contributed by atoms with Crippen LogP contribution in [0.5, 0.6) is 5.75 Å². The van der Waals surface area contributed by atoms with Crippen LogP contribution in [0.3, 0.4) is 0 Å². The Hall–Kier alpha value is -3.22. The van der Waals surface area contributed by atoms with Gasteiger partial charge in [0.1, 0.15) is 16.7 Å². The first-order valence-corrected chi connectivity index (χ1v) is 12.4. The molecule has 1 aliphatic heterocycles. The number of ether oxygens (including phenoxy) is 1. The van der Waals surface area contributed by atoms with Crippen LogP contribution < -0.4 is 4.74 Å². The van der Waals surface area contributed by atoms with Crippen molar-refractivity contribution in [1.82, 2.24) is 30.4 Å². The summed E-state index contributed by atoms with van der Waals surface area (Å²) in [4.78, 5) is 17.1. The number of hydrogen-bond acceptors (Lipinski definition) is 8. The first kappa shape index (κ1) is 25.9. The zero-order valence-corrected chi connectivity index (χ0v) is 21.3. The first-order valence-electron chi connectivity index (χ1n) is 11.2. The molecule has 1 N–H and O–H groups in total. The van der Waals surface area contributed by atoms with E-state index in [2.05, 4.69) is 20.6 Å². The van der Waals surface area contributed by atoms with Gasteiger partial charge in [-0.25, -0.2) is 8.78 Å². The topological polar surface area (TPSA) is 87.2 Å². The summed E-state index contributed by atoms with van der Waals surface area (Å²) in [6.07, 6.45) is 2.92. The number of benzene rings is 2. The van der Waals surface area contributed by atoms with Crippen molar-refractivity contribution in [2.24, 2.45) is 0 Å². The zero-order chi connectivity index (χ0) is 25.7. The Morgan fingerprint density at radius 1 is 1.17 bits per heavy atom. The van der Waals surface area contributed by atoms with Crippen molar-refractivity contribution in [3.05, 3.63) is 64.3 Å². The fraction of sp³-hybridized carbons (Fsp3) is 0.292. The number of tetrazole rings is 1. The molecule has 0 unspecified atom stereocenters. The third-order valence-electron chi connectivity index (χ3n) is 5.39. The third kappa shape index (κ3) is 6.31. The minimum Gasteiger partial charge on any atom is -0.492 e. The summed E-state index contributed by atoms with van der Waals surface area (Å²) in [7, 11) is 3.89. The van der Waals surface area contributed by atoms with E-state index in [1.54, 1.807) is 29.2 Å². The predicted octanol–water partition coefficient (Wildman–Crippen LogP) is 3.92. The Balaban J connectivity index is 1.58. The van der Waals surface area contributed by atoms with E-state index in [4.69, 9.17) is 17.0 Å². The lowest BCUT2D eigenvalue weighted by molar-refractivity contribution is -0.122. The Kier molecular flexibility index (Phi) is 8.39. The molecule has 2 aromatic carbocycles. The van der Waals surface area contributed by atoms with Crippen molar-refractivity contribution >= 4 is 40.3 Å². The lowest BCUT2D eigenvalue weighted by Crippen LogP contribution is -2.29. The molecule has 4 rings (SSSR count). The number of carbonyl (C=O) groups excluding carboxylic acids is 1. The second kappa shape index (κ2) is 11.7. The summed E-state index contributed by atoms with van der Waals surface area (Å²) >= 11 is 6.66. The zero-order valence-electron chi connectivity index (χ0n) is 19.7. The fourth-order valence-electron chi connectivity index (χ4n) is 3.50. The predicted molar refractivity (Wildman–Crippen MR) is 138 cm³/mol. The number of thiocarbonyl (C=S) groups is 1. The van der Waals surface area contributed by atoms with Crippen LogP contribution >= 0.6 is 24.0 Å². The van der Waals surface area contributed by atoms with Crippen molar-refractivity contribution in [1.29, 1.82) is 0 Å². The number of halogens is 2. The lowest BCUT2D eigenvalue weighted by Gasteiger charge is -2.15. The van der Waals surface area contributed by atoms with Gasteiger partial charge in [0.15, 0.2) is 17.5 Å². The summed E-state index contributed by atoms with van der Waals surface area (Å²) in [6.45, 7) is 1.57. The quantitative estimate of drug-likeness (QED) is 0.312. The van der Waals surface area contributed by atoms with Crippen LogP contribution in [0.4, 0.5) is 8.78 Å². The second-order valence-corrected chi connectivity index (χ2v) is 9.97. The van der Waals surface area contributed by atoms with Gasteiger partial charge in [-0.3, -0.25) is 9.69 Å². The Morgan fingerprint density at radius 3 is 2.67 bits per heavy atom. The molecular weight excluding hydrogens is 506 g/mol. The van der Waals surface area contributed by atoms with E-state index in [1.165, 1.54) is 17.8 Å². The number of likely N-dealkylation sites (N-methyl/N-ethyl adjacent to an activating group) is 1. The van der Waals surface area contributed by atoms with Crippen molar-refractivity contribution < 1.29 is 18.3 Å². The van der Waals surface area contributed by atoms with Gasteiger partial charge in [-0.05, 0) is 62.0 Å². The van der Waals surface area contributed by atoms with Crippen molar-refractivity contribution in [3.8, 4) is 16.9 Å². The Morgan fingerprint density at radius 2 is 1.94 bits per heavy atom. The monoisotopic (exact) mass is 530 g/mol. The van der Waals surface area contributed by atoms with E-state index in [0.29, 0.717) is 70.0 Å². The summed E-state index contributed by atoms with van der Waals surface area (Å²) in [6, 6.07) is 9.07. The van der Waals surface area contributed by atoms with Crippen LogP contribution in [0, 0.1) is 11.6 Å². The van der Waals surface area contributed by atoms with E-state index in [0.717, 1.165) is 12.1 Å². The number of nitrogens with zero attached hydrogens (tertiary/aromatic N) is 5. The normalized spacial score (nSPS) is 14.9. The molecule has 36 heavy (non-hydrogen) atoms. The van der Waals surface area contributed by atoms with E-state index in [1.807, 2.05) is 19.0 Å². The Bertz CT molecular complexity index is 1280. The highest BCUT2D eigenvalue weighted by atomic mass is 32.2. The molecule has 1 fully saturated rings. The first-order chi connectivity index (χ1) is 17.3. The van der Waals surface area contributed by atoms with Gasteiger partial charge in [0.2, 0.25) is 0 Å². The number of carbonyl (C=O) groups is 1. The molecule has 8 nitrogen and oxygen atoms in total. The highest BCUT2D eigenvalue weighted by Gasteiger charge is 2.32. The van der Waals surface area contributed by atoms with Gasteiger partial charge >= 0.3 is 0 Å². The van der Waals surface area contributed by atoms with Crippen LogP contribution in [-0.4, -0.2) is 74.4 Å². The number of hydrogen-bond donors (Lipinski definition) is 1. The summed E-state index contributed by atoms with van der Waals surface area (Å²) < 4.78 is 33.7. The van der Waals surface area contributed by atoms with E-state index in [9.17, 15) is 13.6 Å². The number of H-pyrrole nitrogens is 1. The minimum absolute atomic E-state index is 0.199. The van der Waals surface area contributed by atoms with Gasteiger partial charge < -0.3 is 9.64 Å². The molecule has 1 aromatic heterocycles. The molecule has 0 spiro atoms. The number of amides is 1. The molecular formula is C24H24F2N6O2S2. The van der Waals surface area contributed by atoms with Gasteiger partial charge in [-0.2, -0.15) is 5.21 Å². The SMILES string of the molecule is CN(C)CCOc1ccc(-c2ccc(F)c(F)c2)cc1/C=C1\SC(=S)N(CCCc2nn[nH]n2)C1=O. The van der Waals surface area contributed by atoms with Crippen LogP contribution in [0.15, 0.2) is 41.3 Å². The third-order valence-corrected chi connectivity index (χ3v) is 6.77. The van der Waals surface area contributed by atoms with Gasteiger partial charge in [0.25, 0.3) is 5.91 Å². The number of aromatic nitrogens is 4. The number of thioether (sulfide) groups is 1. The molecule has 0 radical (unpaired) electrons. The maximum Gasteiger partial charge on any atom is 0.266 e. The summed E-state index contributed by atoms with van der Waals surface area (Å²) in [5.41, 5.74) is 1.82.